The summed E-state index contributed by atoms with van der Waals surface area (Å²) in [6, 6.07) is 4.20. The Morgan fingerprint density at radius 1 is 1.44 bits per heavy atom. The number of aryl methyl sites for hydroxylation is 1. The molecule has 0 unspecified atom stereocenters. The number of nitrogen functional groups attached to an aromatic ring is 1. The lowest BCUT2D eigenvalue weighted by Crippen LogP contribution is -2.38. The van der Waals surface area contributed by atoms with Crippen LogP contribution in [0, 0.1) is 6.92 Å². The fourth-order valence-corrected chi connectivity index (χ4v) is 1.09. The van der Waals surface area contributed by atoms with E-state index in [2.05, 4.69) is 0 Å². The van der Waals surface area contributed by atoms with E-state index >= 15 is 0 Å². The third-order valence-corrected chi connectivity index (χ3v) is 1.83. The van der Waals surface area contributed by atoms with Crippen LogP contribution in [0.4, 0.5) is 10.5 Å². The second-order valence-electron chi connectivity index (χ2n) is 3.23. The molecule has 1 rings (SSSR count). The van der Waals surface area contributed by atoms with Crippen molar-refractivity contribution in [3.8, 4) is 5.75 Å². The molecule has 0 atom stereocenters. The van der Waals surface area contributed by atoms with Crippen LogP contribution < -0.4 is 21.5 Å². The second kappa shape index (κ2) is 5.01. The van der Waals surface area contributed by atoms with Gasteiger partial charge in [0.25, 0.3) is 5.91 Å². The predicted molar refractivity (Wildman–Crippen MR) is 58.8 cm³/mol. The molecule has 6 nitrogen and oxygen atoms in total. The largest absolute Gasteiger partial charge is 0.483 e. The predicted octanol–water partition coefficient (Wildman–Crippen LogP) is 0.151. The highest BCUT2D eigenvalue weighted by atomic mass is 16.5. The van der Waals surface area contributed by atoms with Crippen LogP contribution >= 0.6 is 0 Å². The van der Waals surface area contributed by atoms with Crippen LogP contribution in [-0.2, 0) is 4.79 Å². The molecule has 1 aromatic carbocycles. The maximum atomic E-state index is 11.1. The van der Waals surface area contributed by atoms with E-state index in [4.69, 9.17) is 16.2 Å². The number of nitrogens with two attached hydrogens (primary N) is 2. The Morgan fingerprint density at radius 3 is 2.75 bits per heavy atom. The lowest BCUT2D eigenvalue weighted by atomic mass is 10.2. The number of carbonyl (C=O) groups is 2. The zero-order valence-corrected chi connectivity index (χ0v) is 8.82. The Hall–Kier alpha value is -2.24. The van der Waals surface area contributed by atoms with Gasteiger partial charge < -0.3 is 16.2 Å². The number of imide groups is 1. The average molecular weight is 223 g/mol. The van der Waals surface area contributed by atoms with E-state index in [0.29, 0.717) is 11.4 Å². The van der Waals surface area contributed by atoms with Gasteiger partial charge in [0.05, 0.1) is 0 Å². The first-order chi connectivity index (χ1) is 7.49. The first-order valence-corrected chi connectivity index (χ1v) is 4.57. The standard InChI is InChI=1S/C10H13N3O3/c1-6-2-3-7(11)4-8(6)16-5-9(14)13-10(12)15/h2-4H,5,11H2,1H3,(H3,12,13,14,15). The highest BCUT2D eigenvalue weighted by Gasteiger charge is 2.06. The van der Waals surface area contributed by atoms with Gasteiger partial charge in [0.2, 0.25) is 0 Å². The van der Waals surface area contributed by atoms with E-state index in [-0.39, 0.29) is 6.61 Å². The van der Waals surface area contributed by atoms with Crippen molar-refractivity contribution in [3.63, 3.8) is 0 Å². The van der Waals surface area contributed by atoms with Crippen molar-refractivity contribution in [2.45, 2.75) is 6.92 Å². The van der Waals surface area contributed by atoms with Crippen molar-refractivity contribution in [3.05, 3.63) is 23.8 Å². The maximum absolute atomic E-state index is 11.1. The molecule has 86 valence electrons. The molecule has 0 aliphatic rings. The zero-order valence-electron chi connectivity index (χ0n) is 8.82. The van der Waals surface area contributed by atoms with Crippen LogP contribution in [0.25, 0.3) is 0 Å². The third kappa shape index (κ3) is 3.49. The molecule has 0 aliphatic heterocycles. The molecule has 0 aliphatic carbocycles. The first-order valence-electron chi connectivity index (χ1n) is 4.57. The molecule has 1 aromatic rings. The van der Waals surface area contributed by atoms with Crippen LogP contribution in [0.3, 0.4) is 0 Å². The Kier molecular flexibility index (Phi) is 3.71. The fraction of sp³-hybridized carbons (Fsp3) is 0.200. The van der Waals surface area contributed by atoms with Crippen molar-refractivity contribution in [2.24, 2.45) is 5.73 Å². The Morgan fingerprint density at radius 2 is 2.12 bits per heavy atom. The lowest BCUT2D eigenvalue weighted by Gasteiger charge is -2.08. The van der Waals surface area contributed by atoms with E-state index in [0.717, 1.165) is 5.56 Å². The number of nitrogens with one attached hydrogen (secondary N) is 1. The highest BCUT2D eigenvalue weighted by Crippen LogP contribution is 2.20. The summed E-state index contributed by atoms with van der Waals surface area (Å²) >= 11 is 0. The summed E-state index contributed by atoms with van der Waals surface area (Å²) in [6.45, 7) is 1.54. The summed E-state index contributed by atoms with van der Waals surface area (Å²) in [5, 5.41) is 1.89. The van der Waals surface area contributed by atoms with E-state index in [9.17, 15) is 9.59 Å². The van der Waals surface area contributed by atoms with E-state index in [1.807, 2.05) is 12.2 Å². The number of rotatable bonds is 3. The minimum atomic E-state index is -0.905. The lowest BCUT2D eigenvalue weighted by molar-refractivity contribution is -0.121. The molecular weight excluding hydrogens is 210 g/mol. The normalized spacial score (nSPS) is 9.56. The Balaban J connectivity index is 2.57. The van der Waals surface area contributed by atoms with Crippen molar-refractivity contribution < 1.29 is 14.3 Å². The van der Waals surface area contributed by atoms with Gasteiger partial charge in [-0.05, 0) is 18.6 Å². The summed E-state index contributed by atoms with van der Waals surface area (Å²) in [4.78, 5) is 21.4. The summed E-state index contributed by atoms with van der Waals surface area (Å²) < 4.78 is 5.18. The molecular formula is C10H13N3O3. The number of hydrogen-bond acceptors (Lipinski definition) is 4. The number of carbonyl (C=O) groups excluding carboxylic acids is 2. The molecule has 0 fully saturated rings. The van der Waals surface area contributed by atoms with Crippen molar-refractivity contribution in [1.82, 2.24) is 5.32 Å². The molecule has 0 saturated carbocycles. The van der Waals surface area contributed by atoms with Crippen LogP contribution in [0.5, 0.6) is 5.75 Å². The maximum Gasteiger partial charge on any atom is 0.318 e. The van der Waals surface area contributed by atoms with Gasteiger partial charge >= 0.3 is 6.03 Å². The molecule has 0 bridgehead atoms. The van der Waals surface area contributed by atoms with E-state index in [1.165, 1.54) is 0 Å². The molecule has 0 saturated heterocycles. The Labute approximate surface area is 92.6 Å². The van der Waals surface area contributed by atoms with Gasteiger partial charge in [-0.1, -0.05) is 6.07 Å². The minimum absolute atomic E-state index is 0.284. The second-order valence-corrected chi connectivity index (χ2v) is 3.23. The van der Waals surface area contributed by atoms with Crippen molar-refractivity contribution in [1.29, 1.82) is 0 Å². The zero-order chi connectivity index (χ0) is 12.1. The van der Waals surface area contributed by atoms with Crippen LogP contribution in [0.2, 0.25) is 0 Å². The van der Waals surface area contributed by atoms with Gasteiger partial charge in [-0.15, -0.1) is 0 Å². The fourth-order valence-electron chi connectivity index (χ4n) is 1.09. The van der Waals surface area contributed by atoms with Crippen molar-refractivity contribution >= 4 is 17.6 Å². The summed E-state index contributed by atoms with van der Waals surface area (Å²) in [7, 11) is 0. The number of amides is 3. The molecule has 0 radical (unpaired) electrons. The van der Waals surface area contributed by atoms with Gasteiger partial charge in [-0.25, -0.2) is 4.79 Å². The van der Waals surface area contributed by atoms with Crippen molar-refractivity contribution in [2.75, 3.05) is 12.3 Å². The highest BCUT2D eigenvalue weighted by molar-refractivity contribution is 5.94. The minimum Gasteiger partial charge on any atom is -0.483 e. The average Bonchev–Trinajstić information content (AvgIpc) is 2.18. The molecule has 5 N–H and O–H groups in total. The number of ether oxygens (including phenoxy) is 1. The number of hydrogen-bond donors (Lipinski definition) is 3. The monoisotopic (exact) mass is 223 g/mol. The molecule has 0 aromatic heterocycles. The number of urea groups is 1. The quantitative estimate of drug-likeness (QED) is 0.634. The van der Waals surface area contributed by atoms with E-state index < -0.39 is 11.9 Å². The SMILES string of the molecule is Cc1ccc(N)cc1OCC(=O)NC(N)=O. The third-order valence-electron chi connectivity index (χ3n) is 1.83. The number of anilines is 1. The molecule has 3 amide bonds. The molecule has 0 spiro atoms. The molecule has 6 heteroatoms. The van der Waals surface area contributed by atoms with Gasteiger partial charge in [-0.2, -0.15) is 0 Å². The summed E-state index contributed by atoms with van der Waals surface area (Å²) in [5.74, 6) is -0.103. The summed E-state index contributed by atoms with van der Waals surface area (Å²) in [6.07, 6.45) is 0. The molecule has 16 heavy (non-hydrogen) atoms. The number of primary amides is 1. The smallest absolute Gasteiger partial charge is 0.318 e. The van der Waals surface area contributed by atoms with Gasteiger partial charge in [0, 0.05) is 11.8 Å². The van der Waals surface area contributed by atoms with E-state index in [1.54, 1.807) is 18.2 Å². The van der Waals surface area contributed by atoms with Gasteiger partial charge in [0.15, 0.2) is 6.61 Å². The van der Waals surface area contributed by atoms with Gasteiger partial charge in [0.1, 0.15) is 5.75 Å². The van der Waals surface area contributed by atoms with Crippen LogP contribution in [0.15, 0.2) is 18.2 Å². The number of benzene rings is 1. The Bertz CT molecular complexity index is 418. The summed E-state index contributed by atoms with van der Waals surface area (Å²) in [5.41, 5.74) is 11.7. The van der Waals surface area contributed by atoms with Crippen LogP contribution in [-0.4, -0.2) is 18.5 Å². The van der Waals surface area contributed by atoms with Crippen LogP contribution in [0.1, 0.15) is 5.56 Å². The first kappa shape index (κ1) is 11.8. The topological polar surface area (TPSA) is 107 Å². The van der Waals surface area contributed by atoms with Gasteiger partial charge in [-0.3, -0.25) is 10.1 Å². The molecule has 0 heterocycles.